The average molecular weight is 274 g/mol. The average Bonchev–Trinajstić information content (AvgIpc) is 2.77. The molecule has 3 rings (SSSR count). The fraction of sp³-hybridized carbons (Fsp3) is 0.143. The minimum absolute atomic E-state index is 0.633. The van der Waals surface area contributed by atoms with Gasteiger partial charge >= 0.3 is 0 Å². The quantitative estimate of drug-likeness (QED) is 0.704. The lowest BCUT2D eigenvalue weighted by Gasteiger charge is -2.05. The number of thiophene rings is 1. The van der Waals surface area contributed by atoms with E-state index in [1.165, 1.54) is 0 Å². The molecule has 0 fully saturated rings. The van der Waals surface area contributed by atoms with Crippen LogP contribution in [0, 0.1) is 0 Å². The first kappa shape index (κ1) is 11.9. The standard InChI is InChI=1S/C14H14N2O2S/c1-17-11-9(15)5-3-7-8-4-6-10(16)12(18-2)14(8)19-13(7)11/h3-6H,15-16H2,1-2H3. The summed E-state index contributed by atoms with van der Waals surface area (Å²) in [5.74, 6) is 1.42. The first-order chi connectivity index (χ1) is 9.17. The SMILES string of the molecule is COc1c(N)ccc2c1sc1c(OC)c(N)ccc12. The molecule has 98 valence electrons. The van der Waals surface area contributed by atoms with Gasteiger partial charge in [-0.3, -0.25) is 0 Å². The van der Waals surface area contributed by atoms with Crippen LogP contribution in [0.2, 0.25) is 0 Å². The van der Waals surface area contributed by atoms with E-state index < -0.39 is 0 Å². The van der Waals surface area contributed by atoms with Gasteiger partial charge in [-0.2, -0.15) is 0 Å². The van der Waals surface area contributed by atoms with Crippen molar-refractivity contribution < 1.29 is 9.47 Å². The summed E-state index contributed by atoms with van der Waals surface area (Å²) in [7, 11) is 3.25. The van der Waals surface area contributed by atoms with Crippen molar-refractivity contribution in [3.8, 4) is 11.5 Å². The fourth-order valence-corrected chi connectivity index (χ4v) is 3.67. The Kier molecular flexibility index (Phi) is 2.64. The minimum atomic E-state index is 0.633. The Morgan fingerprint density at radius 2 is 1.21 bits per heavy atom. The number of rotatable bonds is 2. The van der Waals surface area contributed by atoms with Crippen molar-refractivity contribution in [2.75, 3.05) is 25.7 Å². The Labute approximate surface area is 114 Å². The van der Waals surface area contributed by atoms with E-state index in [0.29, 0.717) is 22.9 Å². The zero-order chi connectivity index (χ0) is 13.6. The van der Waals surface area contributed by atoms with Crippen LogP contribution in [0.15, 0.2) is 24.3 Å². The van der Waals surface area contributed by atoms with Gasteiger partial charge in [0.15, 0.2) is 11.5 Å². The first-order valence-electron chi connectivity index (χ1n) is 5.78. The molecule has 4 N–H and O–H groups in total. The van der Waals surface area contributed by atoms with Crippen LogP contribution in [-0.4, -0.2) is 14.2 Å². The van der Waals surface area contributed by atoms with Gasteiger partial charge in [0.2, 0.25) is 0 Å². The van der Waals surface area contributed by atoms with Crippen LogP contribution < -0.4 is 20.9 Å². The number of methoxy groups -OCH3 is 2. The number of benzene rings is 2. The maximum absolute atomic E-state index is 5.95. The van der Waals surface area contributed by atoms with Gasteiger partial charge in [-0.1, -0.05) is 12.1 Å². The van der Waals surface area contributed by atoms with Gasteiger partial charge in [0.05, 0.1) is 35.0 Å². The van der Waals surface area contributed by atoms with Gasteiger partial charge in [-0.25, -0.2) is 0 Å². The molecule has 1 heterocycles. The van der Waals surface area contributed by atoms with Crippen molar-refractivity contribution >= 4 is 42.9 Å². The van der Waals surface area contributed by atoms with Crippen molar-refractivity contribution in [3.63, 3.8) is 0 Å². The molecule has 0 aliphatic rings. The van der Waals surface area contributed by atoms with Crippen LogP contribution in [-0.2, 0) is 0 Å². The van der Waals surface area contributed by atoms with E-state index in [1.807, 2.05) is 24.3 Å². The fourth-order valence-electron chi connectivity index (χ4n) is 2.31. The summed E-state index contributed by atoms with van der Waals surface area (Å²) in [5.41, 5.74) is 13.2. The topological polar surface area (TPSA) is 70.5 Å². The Morgan fingerprint density at radius 3 is 1.58 bits per heavy atom. The second kappa shape index (κ2) is 4.20. The smallest absolute Gasteiger partial charge is 0.159 e. The molecule has 19 heavy (non-hydrogen) atoms. The summed E-state index contributed by atoms with van der Waals surface area (Å²) < 4.78 is 12.8. The summed E-state index contributed by atoms with van der Waals surface area (Å²) in [4.78, 5) is 0. The highest BCUT2D eigenvalue weighted by atomic mass is 32.1. The maximum Gasteiger partial charge on any atom is 0.159 e. The van der Waals surface area contributed by atoms with Crippen molar-refractivity contribution in [2.45, 2.75) is 0 Å². The normalized spacial score (nSPS) is 11.1. The second-order valence-electron chi connectivity index (χ2n) is 4.23. The first-order valence-corrected chi connectivity index (χ1v) is 6.60. The van der Waals surface area contributed by atoms with Gasteiger partial charge in [-0.05, 0) is 12.1 Å². The van der Waals surface area contributed by atoms with Crippen LogP contribution >= 0.6 is 11.3 Å². The molecule has 1 aromatic heterocycles. The molecule has 0 spiro atoms. The van der Waals surface area contributed by atoms with Gasteiger partial charge < -0.3 is 20.9 Å². The molecular weight excluding hydrogens is 260 g/mol. The third-order valence-electron chi connectivity index (χ3n) is 3.19. The number of nitrogen functional groups attached to an aromatic ring is 2. The summed E-state index contributed by atoms with van der Waals surface area (Å²) in [6.45, 7) is 0. The second-order valence-corrected chi connectivity index (χ2v) is 5.25. The number of hydrogen-bond acceptors (Lipinski definition) is 5. The highest BCUT2D eigenvalue weighted by Crippen LogP contribution is 2.46. The predicted molar refractivity (Wildman–Crippen MR) is 81.3 cm³/mol. The molecule has 2 aromatic carbocycles. The Hall–Kier alpha value is -2.14. The van der Waals surface area contributed by atoms with Crippen LogP contribution in [0.25, 0.3) is 20.2 Å². The van der Waals surface area contributed by atoms with E-state index in [1.54, 1.807) is 25.6 Å². The molecule has 4 nitrogen and oxygen atoms in total. The number of hydrogen-bond donors (Lipinski definition) is 2. The molecule has 0 saturated carbocycles. The van der Waals surface area contributed by atoms with E-state index in [0.717, 1.165) is 20.2 Å². The summed E-state index contributed by atoms with van der Waals surface area (Å²) in [6.07, 6.45) is 0. The van der Waals surface area contributed by atoms with Crippen LogP contribution in [0.1, 0.15) is 0 Å². The van der Waals surface area contributed by atoms with E-state index in [2.05, 4.69) is 0 Å². The minimum Gasteiger partial charge on any atom is -0.493 e. The van der Waals surface area contributed by atoms with Crippen molar-refractivity contribution in [3.05, 3.63) is 24.3 Å². The molecule has 0 aliphatic heterocycles. The predicted octanol–water partition coefficient (Wildman–Crippen LogP) is 3.24. The Morgan fingerprint density at radius 1 is 0.789 bits per heavy atom. The third kappa shape index (κ3) is 1.58. The van der Waals surface area contributed by atoms with Gasteiger partial charge in [-0.15, -0.1) is 11.3 Å². The lowest BCUT2D eigenvalue weighted by Crippen LogP contribution is -1.91. The molecule has 0 radical (unpaired) electrons. The van der Waals surface area contributed by atoms with Crippen molar-refractivity contribution in [2.24, 2.45) is 0 Å². The van der Waals surface area contributed by atoms with Crippen molar-refractivity contribution in [1.29, 1.82) is 0 Å². The van der Waals surface area contributed by atoms with E-state index in [4.69, 9.17) is 20.9 Å². The zero-order valence-corrected chi connectivity index (χ0v) is 11.5. The van der Waals surface area contributed by atoms with E-state index >= 15 is 0 Å². The molecule has 5 heteroatoms. The van der Waals surface area contributed by atoms with E-state index in [9.17, 15) is 0 Å². The van der Waals surface area contributed by atoms with Gasteiger partial charge in [0.1, 0.15) is 0 Å². The molecule has 0 unspecified atom stereocenters. The highest BCUT2D eigenvalue weighted by Gasteiger charge is 2.16. The Bertz CT molecular complexity index is 716. The largest absolute Gasteiger partial charge is 0.493 e. The van der Waals surface area contributed by atoms with Crippen molar-refractivity contribution in [1.82, 2.24) is 0 Å². The molecule has 0 saturated heterocycles. The lowest BCUT2D eigenvalue weighted by molar-refractivity contribution is 0.422. The number of fused-ring (bicyclic) bond motifs is 3. The Balaban J connectivity index is 2.51. The molecule has 0 amide bonds. The zero-order valence-electron chi connectivity index (χ0n) is 10.7. The number of nitrogens with two attached hydrogens (primary N) is 2. The molecule has 3 aromatic rings. The molecule has 0 aliphatic carbocycles. The van der Waals surface area contributed by atoms with E-state index in [-0.39, 0.29) is 0 Å². The van der Waals surface area contributed by atoms with Crippen LogP contribution in [0.4, 0.5) is 11.4 Å². The van der Waals surface area contributed by atoms with Gasteiger partial charge in [0.25, 0.3) is 0 Å². The maximum atomic E-state index is 5.95. The number of anilines is 2. The molecule has 0 atom stereocenters. The summed E-state index contributed by atoms with van der Waals surface area (Å²) in [6, 6.07) is 7.72. The monoisotopic (exact) mass is 274 g/mol. The number of ether oxygens (including phenoxy) is 2. The molecular formula is C14H14N2O2S. The van der Waals surface area contributed by atoms with Crippen LogP contribution in [0.5, 0.6) is 11.5 Å². The molecule has 0 bridgehead atoms. The van der Waals surface area contributed by atoms with Crippen LogP contribution in [0.3, 0.4) is 0 Å². The summed E-state index contributed by atoms with van der Waals surface area (Å²) in [5, 5.41) is 2.20. The summed E-state index contributed by atoms with van der Waals surface area (Å²) >= 11 is 1.58. The highest BCUT2D eigenvalue weighted by molar-refractivity contribution is 7.26. The lowest BCUT2D eigenvalue weighted by atomic mass is 10.1. The third-order valence-corrected chi connectivity index (χ3v) is 4.41. The van der Waals surface area contributed by atoms with Gasteiger partial charge in [0, 0.05) is 10.8 Å².